The molecule has 2 aromatic carbocycles. The van der Waals surface area contributed by atoms with Gasteiger partial charge in [0.25, 0.3) is 5.69 Å². The Kier molecular flexibility index (Phi) is 5.74. The molecule has 0 atom stereocenters. The van der Waals surface area contributed by atoms with E-state index in [4.69, 9.17) is 4.74 Å². The molecule has 8 nitrogen and oxygen atoms in total. The molecule has 9 heteroatoms. The van der Waals surface area contributed by atoms with Crippen molar-refractivity contribution in [3.8, 4) is 0 Å². The van der Waals surface area contributed by atoms with Gasteiger partial charge in [-0.15, -0.1) is 0 Å². The number of carbonyl (C=O) groups is 3. The first kappa shape index (κ1) is 18.7. The summed E-state index contributed by atoms with van der Waals surface area (Å²) < 4.78 is 22.4. The van der Waals surface area contributed by atoms with E-state index in [1.54, 1.807) is 0 Å². The summed E-state index contributed by atoms with van der Waals surface area (Å²) in [6.45, 7) is -0.696. The minimum atomic E-state index is -1.05. The van der Waals surface area contributed by atoms with Crippen molar-refractivity contribution in [2.24, 2.45) is 0 Å². The molecule has 0 aliphatic carbocycles. The molecular weight excluding hydrogens is 349 g/mol. The van der Waals surface area contributed by atoms with E-state index in [0.29, 0.717) is 0 Å². The van der Waals surface area contributed by atoms with E-state index in [1.807, 2.05) is 0 Å². The van der Waals surface area contributed by atoms with Crippen molar-refractivity contribution in [1.82, 2.24) is 0 Å². The third-order valence-electron chi connectivity index (χ3n) is 3.27. The number of ether oxygens (including phenoxy) is 2. The maximum atomic E-state index is 13.1. The highest BCUT2D eigenvalue weighted by molar-refractivity contribution is 6.00. The third-order valence-corrected chi connectivity index (χ3v) is 3.27. The zero-order valence-electron chi connectivity index (χ0n) is 13.4. The number of Topliss-reactive ketones (excluding diaryl/α,β-unsaturated/α-hetero) is 1. The van der Waals surface area contributed by atoms with Crippen LogP contribution < -0.4 is 0 Å². The van der Waals surface area contributed by atoms with Gasteiger partial charge in [0.1, 0.15) is 5.82 Å². The molecule has 0 aliphatic rings. The summed E-state index contributed by atoms with van der Waals surface area (Å²) in [6, 6.07) is 7.71. The average Bonchev–Trinajstić information content (AvgIpc) is 2.64. The minimum absolute atomic E-state index is 0.00657. The number of hydrogen-bond donors (Lipinski definition) is 0. The number of methoxy groups -OCH3 is 1. The Morgan fingerprint density at radius 1 is 1.04 bits per heavy atom. The number of nitro benzene ring substituents is 1. The van der Waals surface area contributed by atoms with Crippen molar-refractivity contribution < 1.29 is 33.2 Å². The van der Waals surface area contributed by atoms with E-state index >= 15 is 0 Å². The Labute approximate surface area is 146 Å². The van der Waals surface area contributed by atoms with E-state index in [0.717, 1.165) is 37.4 Å². The average molecular weight is 361 g/mol. The van der Waals surface area contributed by atoms with Gasteiger partial charge in [-0.2, -0.15) is 0 Å². The zero-order valence-corrected chi connectivity index (χ0v) is 13.4. The van der Waals surface area contributed by atoms with Crippen LogP contribution in [0.1, 0.15) is 31.1 Å². The maximum Gasteiger partial charge on any atom is 0.338 e. The predicted octanol–water partition coefficient (Wildman–Crippen LogP) is 2.56. The fourth-order valence-corrected chi connectivity index (χ4v) is 2.03. The molecule has 0 N–H and O–H groups in total. The van der Waals surface area contributed by atoms with Crippen molar-refractivity contribution in [3.05, 3.63) is 75.1 Å². The van der Waals surface area contributed by atoms with Crippen LogP contribution in [0.25, 0.3) is 0 Å². The van der Waals surface area contributed by atoms with Gasteiger partial charge in [-0.05, 0) is 18.2 Å². The molecule has 0 spiro atoms. The van der Waals surface area contributed by atoms with Gasteiger partial charge < -0.3 is 9.47 Å². The molecule has 134 valence electrons. The van der Waals surface area contributed by atoms with Gasteiger partial charge in [0, 0.05) is 17.7 Å². The van der Waals surface area contributed by atoms with E-state index in [2.05, 4.69) is 4.74 Å². The molecule has 0 aromatic heterocycles. The van der Waals surface area contributed by atoms with Crippen LogP contribution in [0.2, 0.25) is 0 Å². The van der Waals surface area contributed by atoms with Crippen molar-refractivity contribution >= 4 is 23.4 Å². The van der Waals surface area contributed by atoms with Gasteiger partial charge in [0.05, 0.1) is 23.2 Å². The van der Waals surface area contributed by atoms with Crippen LogP contribution in [0, 0.1) is 15.9 Å². The van der Waals surface area contributed by atoms with Crippen molar-refractivity contribution in [1.29, 1.82) is 0 Å². The highest BCUT2D eigenvalue weighted by Gasteiger charge is 2.20. The predicted molar refractivity (Wildman–Crippen MR) is 85.4 cm³/mol. The lowest BCUT2D eigenvalue weighted by atomic mass is 10.1. The molecular formula is C17H12FNO7. The number of nitrogens with zero attached hydrogens (tertiary/aromatic N) is 1. The van der Waals surface area contributed by atoms with E-state index in [1.165, 1.54) is 12.1 Å². The van der Waals surface area contributed by atoms with Crippen molar-refractivity contribution in [3.63, 3.8) is 0 Å². The van der Waals surface area contributed by atoms with Crippen LogP contribution in [-0.2, 0) is 9.47 Å². The molecule has 2 aromatic rings. The van der Waals surface area contributed by atoms with Gasteiger partial charge in [-0.25, -0.2) is 14.0 Å². The maximum absolute atomic E-state index is 13.1. The Hall–Kier alpha value is -3.62. The molecule has 26 heavy (non-hydrogen) atoms. The summed E-state index contributed by atoms with van der Waals surface area (Å²) in [6.07, 6.45) is 0. The third kappa shape index (κ3) is 4.47. The summed E-state index contributed by atoms with van der Waals surface area (Å²) in [5.74, 6) is -3.21. The SMILES string of the molecule is COC(=O)c1cc(C(=O)OCC(=O)c2cccc(F)c2)cc([N+](=O)[O-])c1. The quantitative estimate of drug-likeness (QED) is 0.336. The van der Waals surface area contributed by atoms with Gasteiger partial charge in [0.15, 0.2) is 12.4 Å². The van der Waals surface area contributed by atoms with Gasteiger partial charge in [-0.1, -0.05) is 12.1 Å². The smallest absolute Gasteiger partial charge is 0.338 e. The number of carbonyl (C=O) groups excluding carboxylic acids is 3. The molecule has 0 heterocycles. The first-order valence-corrected chi connectivity index (χ1v) is 7.15. The number of ketones is 1. The number of non-ortho nitro benzene ring substituents is 1. The van der Waals surface area contributed by atoms with Crippen molar-refractivity contribution in [2.45, 2.75) is 0 Å². The van der Waals surface area contributed by atoms with Crippen LogP contribution in [0.5, 0.6) is 0 Å². The van der Waals surface area contributed by atoms with E-state index < -0.39 is 40.8 Å². The Morgan fingerprint density at radius 2 is 1.69 bits per heavy atom. The summed E-state index contributed by atoms with van der Waals surface area (Å²) in [7, 11) is 1.08. The molecule has 0 aliphatic heterocycles. The molecule has 0 radical (unpaired) electrons. The highest BCUT2D eigenvalue weighted by Crippen LogP contribution is 2.19. The summed E-state index contributed by atoms with van der Waals surface area (Å²) in [5, 5.41) is 10.9. The molecule has 0 fully saturated rings. The van der Waals surface area contributed by atoms with Crippen LogP contribution in [0.15, 0.2) is 42.5 Å². The minimum Gasteiger partial charge on any atom is -0.465 e. The van der Waals surface area contributed by atoms with Gasteiger partial charge >= 0.3 is 11.9 Å². The number of benzene rings is 2. The molecule has 0 bridgehead atoms. The zero-order chi connectivity index (χ0) is 19.3. The molecule has 0 saturated carbocycles. The fraction of sp³-hybridized carbons (Fsp3) is 0.118. The number of halogens is 1. The van der Waals surface area contributed by atoms with E-state index in [9.17, 15) is 28.9 Å². The fourth-order valence-electron chi connectivity index (χ4n) is 2.03. The van der Waals surface area contributed by atoms with Gasteiger partial charge in [0.2, 0.25) is 0 Å². The summed E-state index contributed by atoms with van der Waals surface area (Å²) in [5.41, 5.74) is -1.03. The second-order valence-corrected chi connectivity index (χ2v) is 5.03. The first-order chi connectivity index (χ1) is 12.3. The Morgan fingerprint density at radius 3 is 2.27 bits per heavy atom. The molecule has 0 amide bonds. The standard InChI is InChI=1S/C17H12FNO7/c1-25-16(21)11-5-12(8-14(7-11)19(23)24)17(22)26-9-15(20)10-3-2-4-13(18)6-10/h2-8H,9H2,1H3. The lowest BCUT2D eigenvalue weighted by Crippen LogP contribution is -2.15. The number of nitro groups is 1. The number of esters is 2. The normalized spacial score (nSPS) is 10.1. The lowest BCUT2D eigenvalue weighted by Gasteiger charge is -2.06. The van der Waals surface area contributed by atoms with Crippen LogP contribution >= 0.6 is 0 Å². The van der Waals surface area contributed by atoms with Crippen LogP contribution in [0.4, 0.5) is 10.1 Å². The van der Waals surface area contributed by atoms with Crippen molar-refractivity contribution in [2.75, 3.05) is 13.7 Å². The van der Waals surface area contributed by atoms with E-state index in [-0.39, 0.29) is 16.7 Å². The first-order valence-electron chi connectivity index (χ1n) is 7.15. The topological polar surface area (TPSA) is 113 Å². The number of hydrogen-bond acceptors (Lipinski definition) is 7. The van der Waals surface area contributed by atoms with Gasteiger partial charge in [-0.3, -0.25) is 14.9 Å². The molecule has 2 rings (SSSR count). The lowest BCUT2D eigenvalue weighted by molar-refractivity contribution is -0.384. The number of rotatable bonds is 6. The summed E-state index contributed by atoms with van der Waals surface area (Å²) in [4.78, 5) is 45.7. The molecule has 0 unspecified atom stereocenters. The Balaban J connectivity index is 2.18. The summed E-state index contributed by atoms with van der Waals surface area (Å²) >= 11 is 0. The van der Waals surface area contributed by atoms with Crippen LogP contribution in [-0.4, -0.2) is 36.4 Å². The highest BCUT2D eigenvalue weighted by atomic mass is 19.1. The van der Waals surface area contributed by atoms with Crippen LogP contribution in [0.3, 0.4) is 0 Å². The monoisotopic (exact) mass is 361 g/mol. The Bertz CT molecular complexity index is 894. The second-order valence-electron chi connectivity index (χ2n) is 5.03. The molecule has 0 saturated heterocycles. The largest absolute Gasteiger partial charge is 0.465 e. The second kappa shape index (κ2) is 7.97.